The molecule has 15 rings (SSSR count). The first kappa shape index (κ1) is 89.0. The minimum atomic E-state index is -6.27. The van der Waals surface area contributed by atoms with Gasteiger partial charge < -0.3 is 59.1 Å². The maximum absolute atomic E-state index is 13.1. The number of ether oxygens (including phenoxy) is 5. The summed E-state index contributed by atoms with van der Waals surface area (Å²) >= 11 is 0. The van der Waals surface area contributed by atoms with Crippen molar-refractivity contribution in [3.05, 3.63) is 84.2 Å². The van der Waals surface area contributed by atoms with E-state index in [1.807, 2.05) is 19.7 Å². The topological polar surface area (TPSA) is 524 Å². The van der Waals surface area contributed by atoms with E-state index >= 15 is 0 Å². The number of aromatic nitrogens is 16. The molecule has 7 fully saturated rings. The number of nitrogens with two attached hydrogens (primary N) is 1. The van der Waals surface area contributed by atoms with Gasteiger partial charge in [-0.1, -0.05) is 34.6 Å². The van der Waals surface area contributed by atoms with Crippen LogP contribution in [0.15, 0.2) is 44.5 Å². The summed E-state index contributed by atoms with van der Waals surface area (Å²) in [5.74, 6) is -0.422. The molecule has 8 aromatic rings. The van der Waals surface area contributed by atoms with Gasteiger partial charge in [0.05, 0.1) is 110 Å². The third-order valence-corrected chi connectivity index (χ3v) is 24.6. The number of anilines is 1. The van der Waals surface area contributed by atoms with Crippen molar-refractivity contribution in [3.63, 3.8) is 0 Å². The first-order chi connectivity index (χ1) is 55.7. The number of hydroxylamine groups is 6. The molecule has 6 bridgehead atoms. The van der Waals surface area contributed by atoms with Gasteiger partial charge in [0.2, 0.25) is 5.95 Å². The van der Waals surface area contributed by atoms with E-state index in [1.165, 1.54) is 42.5 Å². The first-order valence-electron chi connectivity index (χ1n) is 36.4. The average molecular weight is 1750 g/mol. The number of hydrogen-bond acceptors (Lipinski definition) is 34. The number of hydrogen-bond donors (Lipinski definition) is 7. The fraction of sp³-hybridized carbons (Fsp3) is 0.672. The number of aryl methyl sites for hydroxylation is 3. The van der Waals surface area contributed by atoms with Crippen LogP contribution in [0.25, 0.3) is 44.7 Å². The molecule has 42 nitrogen and oxygen atoms in total. The molecule has 54 heteroatoms. The molecule has 0 aromatic carbocycles. The minimum absolute atomic E-state index is 0.00523. The number of H-pyrrole nitrogens is 4. The molecular formula is C64H83F9N21O21PS2. The SMILES string of the molecule is CC[C@@]1(COS(=O)(=O)C(F)(F)F)O[C@@H](n2cnc3c(=O)[nH]c(C)nc32)[C@@H](OS(=O)(=O)C(F)(F)F)[C@@H]1C.CC[C@@]12CN(OCCF)[C@@H]([C@H](n3cnc4c(=O)[nH]c(C)nc43)O1)[C@@H]2OP(C)COCC#N.CC[C@@]12CN(OCCF)[C@@H]([C@H](n3cnc4c(=O)[nH]c(N)nc43)O1)[C@@H]2C.Cc1nc2c(ncn2[C@@H]2O[C@@]3(CO)CN(OCCF)[C@@H]2[C@@H]3O)c(=O)[nH]1. The van der Waals surface area contributed by atoms with Crippen molar-refractivity contribution in [2.24, 2.45) is 11.8 Å². The van der Waals surface area contributed by atoms with Crippen LogP contribution in [-0.2, 0) is 71.3 Å². The highest BCUT2D eigenvalue weighted by molar-refractivity contribution is 7.87. The van der Waals surface area contributed by atoms with Crippen molar-refractivity contribution in [1.82, 2.24) is 93.3 Å². The monoisotopic (exact) mass is 1750 g/mol. The molecule has 0 radical (unpaired) electrons. The molecule has 15 heterocycles. The van der Waals surface area contributed by atoms with Crippen molar-refractivity contribution >= 4 is 79.0 Å². The molecule has 0 amide bonds. The second kappa shape index (κ2) is 34.3. The summed E-state index contributed by atoms with van der Waals surface area (Å²) in [4.78, 5) is 108. The molecule has 7 aliphatic rings. The van der Waals surface area contributed by atoms with Crippen LogP contribution in [0.5, 0.6) is 0 Å². The number of nitrogens with one attached hydrogen (secondary N) is 4. The maximum atomic E-state index is 13.1. The zero-order chi connectivity index (χ0) is 85.9. The molecule has 650 valence electrons. The quantitative estimate of drug-likeness (QED) is 0.0128. The second-order valence-electron chi connectivity index (χ2n) is 28.4. The molecule has 1 unspecified atom stereocenters. The molecule has 8 aromatic heterocycles. The minimum Gasteiger partial charge on any atom is -0.393 e. The van der Waals surface area contributed by atoms with E-state index in [0.29, 0.717) is 54.4 Å². The zero-order valence-corrected chi connectivity index (χ0v) is 66.6. The van der Waals surface area contributed by atoms with E-state index in [0.717, 1.165) is 24.2 Å². The molecule has 0 saturated carbocycles. The van der Waals surface area contributed by atoms with Crippen LogP contribution in [0.1, 0.15) is 96.3 Å². The summed E-state index contributed by atoms with van der Waals surface area (Å²) in [7, 11) is -13.4. The highest BCUT2D eigenvalue weighted by Gasteiger charge is 2.68. The van der Waals surface area contributed by atoms with Gasteiger partial charge in [-0.25, -0.2) is 48.1 Å². The van der Waals surface area contributed by atoms with E-state index in [4.69, 9.17) is 53.7 Å². The lowest BCUT2D eigenvalue weighted by Crippen LogP contribution is -2.48. The predicted octanol–water partition coefficient (Wildman–Crippen LogP) is 2.68. The number of aromatic amines is 4. The van der Waals surface area contributed by atoms with Gasteiger partial charge in [0, 0.05) is 11.8 Å². The van der Waals surface area contributed by atoms with Crippen LogP contribution < -0.4 is 28.0 Å². The Hall–Kier alpha value is -8.25. The predicted molar refractivity (Wildman–Crippen MR) is 387 cm³/mol. The molecule has 0 spiro atoms. The van der Waals surface area contributed by atoms with Crippen LogP contribution >= 0.6 is 8.15 Å². The van der Waals surface area contributed by atoms with E-state index in [2.05, 4.69) is 82.0 Å². The van der Waals surface area contributed by atoms with Crippen LogP contribution in [-0.4, -0.2) is 282 Å². The van der Waals surface area contributed by atoms with Gasteiger partial charge in [0.15, 0.2) is 69.6 Å². The third kappa shape index (κ3) is 16.4. The van der Waals surface area contributed by atoms with E-state index in [1.54, 1.807) is 33.1 Å². The lowest BCUT2D eigenvalue weighted by atomic mass is 9.85. The van der Waals surface area contributed by atoms with Crippen LogP contribution in [0.2, 0.25) is 0 Å². The number of rotatable bonds is 27. The Morgan fingerprint density at radius 1 is 0.593 bits per heavy atom. The van der Waals surface area contributed by atoms with Crippen molar-refractivity contribution < 1.29 is 118 Å². The maximum Gasteiger partial charge on any atom is 0.523 e. The number of fused-ring (bicyclic) bond motifs is 10. The summed E-state index contributed by atoms with van der Waals surface area (Å²) < 4.78 is 213. The van der Waals surface area contributed by atoms with Gasteiger partial charge in [-0.15, -0.1) is 0 Å². The van der Waals surface area contributed by atoms with Crippen LogP contribution in [0.3, 0.4) is 0 Å². The number of nitriles is 1. The Bertz CT molecular complexity index is 5370. The van der Waals surface area contributed by atoms with Gasteiger partial charge in [0.1, 0.15) is 91.3 Å². The number of nitrogen functional groups attached to an aromatic ring is 1. The zero-order valence-electron chi connectivity index (χ0n) is 64.1. The summed E-state index contributed by atoms with van der Waals surface area (Å²) in [6.45, 7) is 12.3. The second-order valence-corrected chi connectivity index (χ2v) is 33.3. The van der Waals surface area contributed by atoms with Crippen LogP contribution in [0.4, 0.5) is 45.5 Å². The fourth-order valence-electron chi connectivity index (χ4n) is 15.6. The molecule has 118 heavy (non-hydrogen) atoms. The normalized spacial score (nSPS) is 29.2. The van der Waals surface area contributed by atoms with Crippen molar-refractivity contribution in [2.75, 3.05) is 98.0 Å². The Morgan fingerprint density at radius 2 is 1.00 bits per heavy atom. The number of aliphatic hydroxyl groups is 2. The first-order valence-corrected chi connectivity index (χ1v) is 41.1. The third-order valence-electron chi connectivity index (χ3n) is 21.5. The highest BCUT2D eigenvalue weighted by atomic mass is 32.2. The fourth-order valence-corrected chi connectivity index (χ4v) is 17.9. The summed E-state index contributed by atoms with van der Waals surface area (Å²) in [5, 5.41) is 33.9. The molecule has 17 atom stereocenters. The molecule has 8 N–H and O–H groups in total. The van der Waals surface area contributed by atoms with Gasteiger partial charge in [-0.3, -0.25) is 65.3 Å². The number of imidazole rings is 4. The van der Waals surface area contributed by atoms with Crippen molar-refractivity contribution in [1.29, 1.82) is 5.26 Å². The van der Waals surface area contributed by atoms with E-state index < -0.39 is 161 Å². The van der Waals surface area contributed by atoms with E-state index in [9.17, 15) is 85.7 Å². The Morgan fingerprint density at radius 3 is 1.43 bits per heavy atom. The lowest BCUT2D eigenvalue weighted by Gasteiger charge is -2.36. The number of nitrogens with zero attached hydrogens (tertiary/aromatic N) is 16. The van der Waals surface area contributed by atoms with E-state index in [-0.39, 0.29) is 108 Å². The summed E-state index contributed by atoms with van der Waals surface area (Å²) in [6, 6.07) is 0.701. The standard InChI is InChI=1S/C19H26FN6O5P.C16H18F6N4O8S2.C15H21FN6O3.C14H18FN5O5/c1-4-19-9-26(29-7-5-20)14(15(19)31-32(3)11-28-8-6-21)18(30-19)25-10-22-13-16(25)23-12(2)24-17(13)27;1-4-14(5-32-35(28,29)15(17,18)19)7(2)10(34-36(30,31)16(20,21)22)13(33-14)26-6-23-9-11(26)24-8(3)25-12(9)27;1-3-15-6-22(24-5-4-16)10(8(15)2)13(25-15)21-7-18-9-11(21)19-14(17)20-12(9)23;1-7-17-11-8(12(23)18-7)16-6-19(11)13-9-10(22)14(5-21,25-13)4-20(9)24-3-2-15/h10,14-15,18H,4-5,7-9,11H2,1-3H3,(H,23,24,27);6-7,10,13H,4-5H2,1-3H3,(H,24,25,27);7-8,10,13H,3-6H2,1-2H3,(H3,17,19,20,23);6,9-10,13,21-22H,2-5H2,1H3,(H,17,18,23)/t14-,15+,18-,19+,32?;7-,10-,13+,14-;8-,10+,13+,15-;9-,10+,13-,14-/m1001/s1. The Labute approximate surface area is 662 Å². The average Bonchev–Trinajstić information content (AvgIpc) is 1.56. The molecular weight excluding hydrogens is 1660 g/mol. The number of halogens is 9. The summed E-state index contributed by atoms with van der Waals surface area (Å²) in [6.07, 6.45) is -0.550. The van der Waals surface area contributed by atoms with Crippen LogP contribution in [0, 0.1) is 43.9 Å². The number of alkyl halides is 9. The number of morpholine rings is 3. The molecule has 7 saturated heterocycles. The van der Waals surface area contributed by atoms with Gasteiger partial charge >= 0.3 is 31.3 Å². The number of aliphatic hydroxyl groups excluding tert-OH is 2. The van der Waals surface area contributed by atoms with Gasteiger partial charge in [0.25, 0.3) is 22.2 Å². The summed E-state index contributed by atoms with van der Waals surface area (Å²) in [5.41, 5.74) is -11.3. The Kier molecular flexibility index (Phi) is 25.9. The highest BCUT2D eigenvalue weighted by Crippen LogP contribution is 2.56. The Balaban J connectivity index is 0.000000146. The lowest BCUT2D eigenvalue weighted by molar-refractivity contribution is -0.252. The smallest absolute Gasteiger partial charge is 0.393 e. The van der Waals surface area contributed by atoms with Gasteiger partial charge in [-0.2, -0.15) is 68.6 Å². The van der Waals surface area contributed by atoms with Gasteiger partial charge in [-0.05, 0) is 46.7 Å². The largest absolute Gasteiger partial charge is 0.523 e. The van der Waals surface area contributed by atoms with Crippen molar-refractivity contribution in [3.8, 4) is 6.07 Å². The molecule has 0 aliphatic carbocycles. The van der Waals surface area contributed by atoms with Crippen molar-refractivity contribution in [2.45, 2.75) is 169 Å². The molecule has 7 aliphatic heterocycles.